The van der Waals surface area contributed by atoms with E-state index in [0.29, 0.717) is 19.4 Å². The van der Waals surface area contributed by atoms with Crippen molar-refractivity contribution in [2.24, 2.45) is 11.8 Å². The molecule has 3 heteroatoms. The Bertz CT molecular complexity index is 409. The van der Waals surface area contributed by atoms with E-state index in [1.54, 1.807) is 6.92 Å². The van der Waals surface area contributed by atoms with Gasteiger partial charge in [-0.25, -0.2) is 0 Å². The summed E-state index contributed by atoms with van der Waals surface area (Å²) in [7, 11) is 0. The standard InChI is InChI=1S/C16H22O3/c1-12(2)15(17)10-9-13(3)16(18)19-11-14-7-5-4-6-8-14/h4-8,12-13H,9-11H2,1-3H3/t13-/m0/s1. The van der Waals surface area contributed by atoms with E-state index in [1.807, 2.05) is 44.2 Å². The molecule has 0 saturated heterocycles. The monoisotopic (exact) mass is 262 g/mol. The maximum atomic E-state index is 11.8. The van der Waals surface area contributed by atoms with Crippen molar-refractivity contribution in [3.63, 3.8) is 0 Å². The highest BCUT2D eigenvalue weighted by molar-refractivity contribution is 5.81. The summed E-state index contributed by atoms with van der Waals surface area (Å²) in [5, 5.41) is 0. The predicted octanol–water partition coefficient (Wildman–Crippen LogP) is 3.37. The summed E-state index contributed by atoms with van der Waals surface area (Å²) in [6.45, 7) is 5.85. The van der Waals surface area contributed by atoms with Crippen molar-refractivity contribution in [3.8, 4) is 0 Å². The first-order chi connectivity index (χ1) is 9.00. The molecule has 1 aromatic carbocycles. The van der Waals surface area contributed by atoms with Crippen molar-refractivity contribution in [2.75, 3.05) is 0 Å². The van der Waals surface area contributed by atoms with Crippen LogP contribution < -0.4 is 0 Å². The molecule has 0 aliphatic carbocycles. The Labute approximate surface area is 115 Å². The van der Waals surface area contributed by atoms with E-state index >= 15 is 0 Å². The van der Waals surface area contributed by atoms with Gasteiger partial charge >= 0.3 is 5.97 Å². The lowest BCUT2D eigenvalue weighted by Crippen LogP contribution is -2.17. The molecule has 0 heterocycles. The van der Waals surface area contributed by atoms with Gasteiger partial charge in [-0.1, -0.05) is 51.1 Å². The lowest BCUT2D eigenvalue weighted by atomic mass is 9.98. The van der Waals surface area contributed by atoms with E-state index in [9.17, 15) is 9.59 Å². The number of ether oxygens (including phenoxy) is 1. The Morgan fingerprint density at radius 2 is 1.74 bits per heavy atom. The van der Waals surface area contributed by atoms with Crippen LogP contribution in [0.5, 0.6) is 0 Å². The second-order valence-corrected chi connectivity index (χ2v) is 5.15. The molecule has 1 atom stereocenters. The van der Waals surface area contributed by atoms with Crippen LogP contribution in [0.15, 0.2) is 30.3 Å². The Kier molecular flexibility index (Phi) is 6.26. The summed E-state index contributed by atoms with van der Waals surface area (Å²) < 4.78 is 5.23. The number of hydrogen-bond acceptors (Lipinski definition) is 3. The highest BCUT2D eigenvalue weighted by Gasteiger charge is 2.17. The van der Waals surface area contributed by atoms with Gasteiger partial charge < -0.3 is 4.74 Å². The van der Waals surface area contributed by atoms with Crippen molar-refractivity contribution in [3.05, 3.63) is 35.9 Å². The van der Waals surface area contributed by atoms with Crippen LogP contribution in [0.25, 0.3) is 0 Å². The third kappa shape index (κ3) is 5.69. The summed E-state index contributed by atoms with van der Waals surface area (Å²) in [4.78, 5) is 23.3. The number of carbonyl (C=O) groups is 2. The van der Waals surface area contributed by atoms with Crippen LogP contribution in [0.1, 0.15) is 39.2 Å². The summed E-state index contributed by atoms with van der Waals surface area (Å²) in [5.41, 5.74) is 0.973. The molecule has 0 fully saturated rings. The third-order valence-electron chi connectivity index (χ3n) is 3.09. The maximum Gasteiger partial charge on any atom is 0.308 e. The Morgan fingerprint density at radius 3 is 2.32 bits per heavy atom. The molecule has 0 bridgehead atoms. The van der Waals surface area contributed by atoms with Crippen LogP contribution in [0, 0.1) is 11.8 Å². The molecular formula is C16H22O3. The first-order valence-corrected chi connectivity index (χ1v) is 6.74. The second-order valence-electron chi connectivity index (χ2n) is 5.15. The molecule has 104 valence electrons. The minimum atomic E-state index is -0.236. The van der Waals surface area contributed by atoms with Crippen molar-refractivity contribution in [1.29, 1.82) is 0 Å². The number of benzene rings is 1. The number of rotatable bonds is 7. The molecule has 1 aromatic rings. The number of esters is 1. The van der Waals surface area contributed by atoms with E-state index in [2.05, 4.69) is 0 Å². The summed E-state index contributed by atoms with van der Waals surface area (Å²) in [6.07, 6.45) is 1.00. The van der Waals surface area contributed by atoms with E-state index < -0.39 is 0 Å². The average molecular weight is 262 g/mol. The third-order valence-corrected chi connectivity index (χ3v) is 3.09. The van der Waals surface area contributed by atoms with Crippen LogP contribution in [-0.4, -0.2) is 11.8 Å². The zero-order valence-electron chi connectivity index (χ0n) is 11.9. The first-order valence-electron chi connectivity index (χ1n) is 6.74. The quantitative estimate of drug-likeness (QED) is 0.708. The molecule has 1 rings (SSSR count). The lowest BCUT2D eigenvalue weighted by Gasteiger charge is -2.11. The molecule has 19 heavy (non-hydrogen) atoms. The second kappa shape index (κ2) is 7.72. The zero-order chi connectivity index (χ0) is 14.3. The summed E-state index contributed by atoms with van der Waals surface area (Å²) >= 11 is 0. The van der Waals surface area contributed by atoms with E-state index in [0.717, 1.165) is 5.56 Å². The largest absolute Gasteiger partial charge is 0.461 e. The van der Waals surface area contributed by atoms with Gasteiger partial charge in [-0.2, -0.15) is 0 Å². The summed E-state index contributed by atoms with van der Waals surface area (Å²) in [6, 6.07) is 9.58. The van der Waals surface area contributed by atoms with Gasteiger partial charge in [-0.15, -0.1) is 0 Å². The topological polar surface area (TPSA) is 43.4 Å². The molecular weight excluding hydrogens is 240 g/mol. The molecule has 3 nitrogen and oxygen atoms in total. The van der Waals surface area contributed by atoms with Crippen molar-refractivity contribution in [2.45, 2.75) is 40.2 Å². The molecule has 0 saturated carbocycles. The molecule has 0 spiro atoms. The van der Waals surface area contributed by atoms with Crippen molar-refractivity contribution in [1.82, 2.24) is 0 Å². The minimum absolute atomic E-state index is 0.0348. The normalized spacial score (nSPS) is 12.2. The van der Waals surface area contributed by atoms with Crippen molar-refractivity contribution >= 4 is 11.8 Å². The van der Waals surface area contributed by atoms with Gasteiger partial charge in [0.2, 0.25) is 0 Å². The fraction of sp³-hybridized carbons (Fsp3) is 0.500. The number of carbonyl (C=O) groups excluding carboxylic acids is 2. The van der Waals surface area contributed by atoms with Crippen LogP contribution in [0.4, 0.5) is 0 Å². The fourth-order valence-electron chi connectivity index (χ4n) is 1.64. The zero-order valence-corrected chi connectivity index (χ0v) is 11.9. The van der Waals surface area contributed by atoms with Gasteiger partial charge in [-0.05, 0) is 12.0 Å². The number of ketones is 1. The highest BCUT2D eigenvalue weighted by Crippen LogP contribution is 2.12. The van der Waals surface area contributed by atoms with Gasteiger partial charge in [0.25, 0.3) is 0 Å². The highest BCUT2D eigenvalue weighted by atomic mass is 16.5. The molecule has 0 amide bonds. The van der Waals surface area contributed by atoms with Crippen LogP contribution >= 0.6 is 0 Å². The van der Waals surface area contributed by atoms with E-state index in [1.165, 1.54) is 0 Å². The van der Waals surface area contributed by atoms with E-state index in [-0.39, 0.29) is 23.6 Å². The SMILES string of the molecule is CC(C)C(=O)CC[C@H](C)C(=O)OCc1ccccc1. The van der Waals surface area contributed by atoms with Gasteiger partial charge in [0, 0.05) is 12.3 Å². The molecule has 0 N–H and O–H groups in total. The number of Topliss-reactive ketones (excluding diaryl/α,β-unsaturated/α-hetero) is 1. The Morgan fingerprint density at radius 1 is 1.11 bits per heavy atom. The minimum Gasteiger partial charge on any atom is -0.461 e. The van der Waals surface area contributed by atoms with Gasteiger partial charge in [0.1, 0.15) is 12.4 Å². The Balaban J connectivity index is 2.31. The van der Waals surface area contributed by atoms with Gasteiger partial charge in [0.05, 0.1) is 5.92 Å². The average Bonchev–Trinajstić information content (AvgIpc) is 2.42. The van der Waals surface area contributed by atoms with E-state index in [4.69, 9.17) is 4.74 Å². The van der Waals surface area contributed by atoms with Gasteiger partial charge in [-0.3, -0.25) is 9.59 Å². The van der Waals surface area contributed by atoms with Gasteiger partial charge in [0.15, 0.2) is 0 Å². The molecule has 0 aliphatic rings. The van der Waals surface area contributed by atoms with Crippen LogP contribution in [-0.2, 0) is 20.9 Å². The fourth-order valence-corrected chi connectivity index (χ4v) is 1.64. The Hall–Kier alpha value is -1.64. The maximum absolute atomic E-state index is 11.8. The summed E-state index contributed by atoms with van der Waals surface area (Å²) in [5.74, 6) is -0.234. The van der Waals surface area contributed by atoms with Crippen LogP contribution in [0.3, 0.4) is 0 Å². The lowest BCUT2D eigenvalue weighted by molar-refractivity contribution is -0.149. The molecule has 0 aliphatic heterocycles. The smallest absolute Gasteiger partial charge is 0.308 e. The molecule has 0 radical (unpaired) electrons. The molecule has 0 unspecified atom stereocenters. The molecule has 0 aromatic heterocycles. The first kappa shape index (κ1) is 15.4. The van der Waals surface area contributed by atoms with Crippen LogP contribution in [0.2, 0.25) is 0 Å². The van der Waals surface area contributed by atoms with Crippen molar-refractivity contribution < 1.29 is 14.3 Å². The predicted molar refractivity (Wildman–Crippen MR) is 74.5 cm³/mol. The number of hydrogen-bond donors (Lipinski definition) is 0.